The van der Waals surface area contributed by atoms with Crippen LogP contribution in [-0.2, 0) is 4.74 Å². The van der Waals surface area contributed by atoms with Crippen LogP contribution in [0.1, 0.15) is 25.7 Å². The quantitative estimate of drug-likeness (QED) is 0.506. The van der Waals surface area contributed by atoms with E-state index in [1.807, 2.05) is 0 Å². The lowest BCUT2D eigenvalue weighted by Crippen LogP contribution is -2.13. The standard InChI is InChI=1S/C8H14O2Si/c9-11-4-3-6-1-2-7-8(5-6)10-7/h6-9H,1-5H2. The molecule has 1 N–H and O–H groups in total. The first kappa shape index (κ1) is 7.77. The van der Waals surface area contributed by atoms with Crippen molar-refractivity contribution >= 4 is 9.76 Å². The van der Waals surface area contributed by atoms with Crippen molar-refractivity contribution in [1.29, 1.82) is 0 Å². The van der Waals surface area contributed by atoms with Crippen LogP contribution in [0.3, 0.4) is 0 Å². The summed E-state index contributed by atoms with van der Waals surface area (Å²) >= 11 is 0. The summed E-state index contributed by atoms with van der Waals surface area (Å²) < 4.78 is 5.43. The first-order valence-electron chi connectivity index (χ1n) is 4.42. The van der Waals surface area contributed by atoms with Crippen LogP contribution >= 0.6 is 0 Å². The Labute approximate surface area is 69.9 Å². The molecule has 0 bridgehead atoms. The van der Waals surface area contributed by atoms with Gasteiger partial charge in [0, 0.05) is 0 Å². The lowest BCUT2D eigenvalue weighted by Gasteiger charge is -2.17. The van der Waals surface area contributed by atoms with Gasteiger partial charge in [0.2, 0.25) is 9.76 Å². The summed E-state index contributed by atoms with van der Waals surface area (Å²) in [6, 6.07) is 1.00. The molecule has 0 aromatic rings. The van der Waals surface area contributed by atoms with Crippen molar-refractivity contribution in [2.45, 2.75) is 43.9 Å². The molecule has 62 valence electrons. The Morgan fingerprint density at radius 1 is 1.36 bits per heavy atom. The molecule has 2 nitrogen and oxygen atoms in total. The molecule has 1 saturated heterocycles. The van der Waals surface area contributed by atoms with Gasteiger partial charge >= 0.3 is 0 Å². The van der Waals surface area contributed by atoms with Crippen LogP contribution in [-0.4, -0.2) is 26.8 Å². The minimum Gasteiger partial charge on any atom is -0.432 e. The predicted molar refractivity (Wildman–Crippen MR) is 43.4 cm³/mol. The van der Waals surface area contributed by atoms with E-state index >= 15 is 0 Å². The summed E-state index contributed by atoms with van der Waals surface area (Å²) in [7, 11) is 0.147. The Morgan fingerprint density at radius 3 is 3.00 bits per heavy atom. The third-order valence-corrected chi connectivity index (χ3v) is 3.29. The topological polar surface area (TPSA) is 32.8 Å². The first-order valence-corrected chi connectivity index (χ1v) is 5.58. The number of fused-ring (bicyclic) bond motifs is 1. The zero-order chi connectivity index (χ0) is 7.68. The van der Waals surface area contributed by atoms with Gasteiger partial charge in [0.05, 0.1) is 12.2 Å². The Kier molecular flexibility index (Phi) is 2.30. The van der Waals surface area contributed by atoms with Crippen molar-refractivity contribution < 1.29 is 9.53 Å². The van der Waals surface area contributed by atoms with E-state index in [2.05, 4.69) is 0 Å². The minimum atomic E-state index is 0.147. The lowest BCUT2D eigenvalue weighted by atomic mass is 9.88. The van der Waals surface area contributed by atoms with E-state index < -0.39 is 0 Å². The summed E-state index contributed by atoms with van der Waals surface area (Å²) in [4.78, 5) is 8.67. The maximum atomic E-state index is 8.67. The maximum Gasteiger partial charge on any atom is 0.224 e. The fraction of sp³-hybridized carbons (Fsp3) is 1.00. The summed E-state index contributed by atoms with van der Waals surface area (Å²) in [6.45, 7) is 0. The summed E-state index contributed by atoms with van der Waals surface area (Å²) in [5.74, 6) is 0.846. The Hall–Kier alpha value is 0.137. The number of epoxide rings is 1. The van der Waals surface area contributed by atoms with Gasteiger partial charge < -0.3 is 9.53 Å². The highest BCUT2D eigenvalue weighted by molar-refractivity contribution is 6.25. The van der Waals surface area contributed by atoms with Crippen molar-refractivity contribution in [3.8, 4) is 0 Å². The van der Waals surface area contributed by atoms with Crippen LogP contribution in [0.15, 0.2) is 0 Å². The van der Waals surface area contributed by atoms with Gasteiger partial charge in [-0.1, -0.05) is 6.42 Å². The molecule has 0 amide bonds. The van der Waals surface area contributed by atoms with Gasteiger partial charge in [-0.15, -0.1) is 0 Å². The van der Waals surface area contributed by atoms with E-state index in [9.17, 15) is 0 Å². The number of hydrogen-bond donors (Lipinski definition) is 1. The van der Waals surface area contributed by atoms with Gasteiger partial charge in [0.15, 0.2) is 0 Å². The van der Waals surface area contributed by atoms with Gasteiger partial charge in [-0.25, -0.2) is 0 Å². The van der Waals surface area contributed by atoms with Crippen LogP contribution in [0, 0.1) is 5.92 Å². The molecule has 2 rings (SSSR count). The van der Waals surface area contributed by atoms with E-state index in [0.717, 1.165) is 12.0 Å². The van der Waals surface area contributed by atoms with Gasteiger partial charge in [-0.3, -0.25) is 0 Å². The highest BCUT2D eigenvalue weighted by Gasteiger charge is 2.43. The summed E-state index contributed by atoms with van der Waals surface area (Å²) in [6.07, 6.45) is 6.30. The van der Waals surface area contributed by atoms with E-state index in [0.29, 0.717) is 12.2 Å². The van der Waals surface area contributed by atoms with E-state index in [1.165, 1.54) is 25.7 Å². The molecule has 3 unspecified atom stereocenters. The molecule has 0 spiro atoms. The molecular formula is C8H14O2Si. The van der Waals surface area contributed by atoms with E-state index in [4.69, 9.17) is 9.53 Å². The van der Waals surface area contributed by atoms with Crippen molar-refractivity contribution in [3.63, 3.8) is 0 Å². The predicted octanol–water partition coefficient (Wildman–Crippen LogP) is 0.974. The molecule has 2 aliphatic rings. The molecule has 11 heavy (non-hydrogen) atoms. The fourth-order valence-electron chi connectivity index (χ4n) is 2.02. The lowest BCUT2D eigenvalue weighted by molar-refractivity contribution is 0.356. The second-order valence-corrected chi connectivity index (χ2v) is 4.41. The van der Waals surface area contributed by atoms with E-state index in [1.54, 1.807) is 0 Å². The van der Waals surface area contributed by atoms with Crippen LogP contribution in [0.25, 0.3) is 0 Å². The van der Waals surface area contributed by atoms with Gasteiger partial charge in [-0.2, -0.15) is 0 Å². The monoisotopic (exact) mass is 170 g/mol. The summed E-state index contributed by atoms with van der Waals surface area (Å²) in [5, 5.41) is 0. The molecule has 0 aromatic carbocycles. The average Bonchev–Trinajstić information content (AvgIpc) is 2.78. The van der Waals surface area contributed by atoms with Crippen molar-refractivity contribution in [1.82, 2.24) is 0 Å². The molecule has 1 aliphatic carbocycles. The molecule has 1 saturated carbocycles. The van der Waals surface area contributed by atoms with Crippen molar-refractivity contribution in [2.75, 3.05) is 0 Å². The third kappa shape index (κ3) is 1.83. The highest BCUT2D eigenvalue weighted by atomic mass is 28.2. The molecule has 3 heteroatoms. The third-order valence-electron chi connectivity index (χ3n) is 2.78. The smallest absolute Gasteiger partial charge is 0.224 e. The van der Waals surface area contributed by atoms with Crippen LogP contribution in [0.4, 0.5) is 0 Å². The Bertz CT molecular complexity index is 140. The number of hydrogen-bond acceptors (Lipinski definition) is 2. The van der Waals surface area contributed by atoms with Crippen LogP contribution < -0.4 is 0 Å². The second kappa shape index (κ2) is 3.25. The van der Waals surface area contributed by atoms with Crippen molar-refractivity contribution in [3.05, 3.63) is 0 Å². The maximum absolute atomic E-state index is 8.67. The van der Waals surface area contributed by atoms with Gasteiger partial charge in [0.25, 0.3) is 0 Å². The molecular weight excluding hydrogens is 156 g/mol. The molecule has 2 radical (unpaired) electrons. The zero-order valence-corrected chi connectivity index (χ0v) is 7.62. The van der Waals surface area contributed by atoms with E-state index in [-0.39, 0.29) is 9.76 Å². The minimum absolute atomic E-state index is 0.147. The van der Waals surface area contributed by atoms with Gasteiger partial charge in [-0.05, 0) is 31.2 Å². The molecule has 1 heterocycles. The number of rotatable bonds is 3. The molecule has 0 aromatic heterocycles. The number of ether oxygens (including phenoxy) is 1. The Balaban J connectivity index is 1.68. The second-order valence-electron chi connectivity index (χ2n) is 3.59. The largest absolute Gasteiger partial charge is 0.432 e. The first-order chi connectivity index (χ1) is 5.40. The zero-order valence-electron chi connectivity index (χ0n) is 6.62. The summed E-state index contributed by atoms with van der Waals surface area (Å²) in [5.41, 5.74) is 0. The Morgan fingerprint density at radius 2 is 2.27 bits per heavy atom. The normalized spacial score (nSPS) is 41.7. The van der Waals surface area contributed by atoms with Crippen LogP contribution in [0.2, 0.25) is 6.04 Å². The highest BCUT2D eigenvalue weighted by Crippen LogP contribution is 2.40. The molecule has 1 aliphatic heterocycles. The van der Waals surface area contributed by atoms with Crippen molar-refractivity contribution in [2.24, 2.45) is 5.92 Å². The fourth-order valence-corrected chi connectivity index (χ4v) is 2.55. The average molecular weight is 170 g/mol. The SMILES string of the molecule is O[Si]CCC1CCC2OC2C1. The molecule has 2 fully saturated rings. The van der Waals surface area contributed by atoms with Crippen LogP contribution in [0.5, 0.6) is 0 Å². The molecule has 3 atom stereocenters. The van der Waals surface area contributed by atoms with Gasteiger partial charge in [0.1, 0.15) is 0 Å².